The summed E-state index contributed by atoms with van der Waals surface area (Å²) in [6.07, 6.45) is 1.93. The van der Waals surface area contributed by atoms with E-state index < -0.39 is 0 Å². The topological polar surface area (TPSA) is 84.0 Å². The molecular formula is C11H14N4O2. The number of rotatable bonds is 3. The minimum absolute atomic E-state index is 0.0666. The normalized spacial score (nSPS) is 18.9. The summed E-state index contributed by atoms with van der Waals surface area (Å²) in [6.45, 7) is 2.59. The van der Waals surface area contributed by atoms with E-state index in [-0.39, 0.29) is 24.2 Å². The first-order valence-corrected chi connectivity index (χ1v) is 5.48. The number of carbonyl (C=O) groups is 2. The predicted molar refractivity (Wildman–Crippen MR) is 59.7 cm³/mol. The SMILES string of the molecule is Cc1nccc(CNC(=O)C2CNC(=O)C2)n1. The molecule has 1 unspecified atom stereocenters. The van der Waals surface area contributed by atoms with Crippen LogP contribution in [0.1, 0.15) is 17.9 Å². The highest BCUT2D eigenvalue weighted by Gasteiger charge is 2.27. The molecule has 6 nitrogen and oxygen atoms in total. The van der Waals surface area contributed by atoms with Gasteiger partial charge < -0.3 is 10.6 Å². The first kappa shape index (κ1) is 11.5. The highest BCUT2D eigenvalue weighted by Crippen LogP contribution is 2.08. The lowest BCUT2D eigenvalue weighted by Crippen LogP contribution is -2.31. The van der Waals surface area contributed by atoms with Crippen LogP contribution in [0.5, 0.6) is 0 Å². The summed E-state index contributed by atoms with van der Waals surface area (Å²) in [5, 5.41) is 5.40. The van der Waals surface area contributed by atoms with Gasteiger partial charge >= 0.3 is 0 Å². The molecule has 2 N–H and O–H groups in total. The lowest BCUT2D eigenvalue weighted by atomic mass is 10.1. The Morgan fingerprint density at radius 3 is 3.12 bits per heavy atom. The number of aryl methyl sites for hydroxylation is 1. The monoisotopic (exact) mass is 234 g/mol. The summed E-state index contributed by atoms with van der Waals surface area (Å²) in [7, 11) is 0. The molecule has 1 atom stereocenters. The van der Waals surface area contributed by atoms with Gasteiger partial charge in [-0.15, -0.1) is 0 Å². The summed E-state index contributed by atoms with van der Waals surface area (Å²) >= 11 is 0. The third-order valence-electron chi connectivity index (χ3n) is 2.63. The van der Waals surface area contributed by atoms with Crippen molar-refractivity contribution in [3.05, 3.63) is 23.8 Å². The molecule has 1 aromatic heterocycles. The molecule has 1 fully saturated rings. The van der Waals surface area contributed by atoms with Gasteiger partial charge in [-0.25, -0.2) is 9.97 Å². The number of aromatic nitrogens is 2. The minimum Gasteiger partial charge on any atom is -0.355 e. The second-order valence-corrected chi connectivity index (χ2v) is 4.02. The van der Waals surface area contributed by atoms with Crippen molar-refractivity contribution in [2.24, 2.45) is 5.92 Å². The van der Waals surface area contributed by atoms with E-state index in [0.29, 0.717) is 18.9 Å². The molecule has 0 bridgehead atoms. The second-order valence-electron chi connectivity index (χ2n) is 4.02. The predicted octanol–water partition coefficient (Wildman–Crippen LogP) is -0.463. The van der Waals surface area contributed by atoms with Gasteiger partial charge in [-0.1, -0.05) is 0 Å². The summed E-state index contributed by atoms with van der Waals surface area (Å²) in [5.41, 5.74) is 0.767. The Morgan fingerprint density at radius 1 is 1.65 bits per heavy atom. The van der Waals surface area contributed by atoms with Crippen LogP contribution in [0.2, 0.25) is 0 Å². The van der Waals surface area contributed by atoms with Crippen LogP contribution in [-0.4, -0.2) is 28.3 Å². The van der Waals surface area contributed by atoms with Gasteiger partial charge in [-0.2, -0.15) is 0 Å². The van der Waals surface area contributed by atoms with Crippen LogP contribution < -0.4 is 10.6 Å². The molecule has 1 aromatic rings. The number of hydrogen-bond donors (Lipinski definition) is 2. The Kier molecular flexibility index (Phi) is 3.32. The van der Waals surface area contributed by atoms with Crippen molar-refractivity contribution in [2.75, 3.05) is 6.54 Å². The van der Waals surface area contributed by atoms with Crippen molar-refractivity contribution in [2.45, 2.75) is 19.9 Å². The van der Waals surface area contributed by atoms with Crippen LogP contribution in [0.15, 0.2) is 12.3 Å². The highest BCUT2D eigenvalue weighted by atomic mass is 16.2. The molecule has 0 radical (unpaired) electrons. The standard InChI is InChI=1S/C11H14N4O2/c1-7-12-3-2-9(15-7)6-14-11(17)8-4-10(16)13-5-8/h2-3,8H,4-6H2,1H3,(H,13,16)(H,14,17). The molecule has 2 rings (SSSR count). The average molecular weight is 234 g/mol. The zero-order valence-electron chi connectivity index (χ0n) is 9.56. The van der Waals surface area contributed by atoms with E-state index in [0.717, 1.165) is 5.69 Å². The van der Waals surface area contributed by atoms with Crippen molar-refractivity contribution in [1.82, 2.24) is 20.6 Å². The lowest BCUT2D eigenvalue weighted by molar-refractivity contribution is -0.126. The fourth-order valence-corrected chi connectivity index (χ4v) is 1.72. The van der Waals surface area contributed by atoms with Crippen molar-refractivity contribution in [3.63, 3.8) is 0 Å². The summed E-state index contributed by atoms with van der Waals surface area (Å²) in [5.74, 6) is 0.238. The molecule has 0 saturated carbocycles. The van der Waals surface area contributed by atoms with Crippen molar-refractivity contribution in [3.8, 4) is 0 Å². The van der Waals surface area contributed by atoms with Gasteiger partial charge in [0.05, 0.1) is 18.2 Å². The summed E-state index contributed by atoms with van der Waals surface area (Å²) in [6, 6.07) is 1.76. The second kappa shape index (κ2) is 4.90. The van der Waals surface area contributed by atoms with Gasteiger partial charge in [0.25, 0.3) is 0 Å². The molecule has 17 heavy (non-hydrogen) atoms. The van der Waals surface area contributed by atoms with E-state index in [9.17, 15) is 9.59 Å². The van der Waals surface area contributed by atoms with Crippen LogP contribution in [0.3, 0.4) is 0 Å². The molecule has 2 heterocycles. The third-order valence-corrected chi connectivity index (χ3v) is 2.63. The number of carbonyl (C=O) groups excluding carboxylic acids is 2. The molecular weight excluding hydrogens is 220 g/mol. The van der Waals surface area contributed by atoms with Gasteiger partial charge in [0.1, 0.15) is 5.82 Å². The molecule has 0 aliphatic carbocycles. The van der Waals surface area contributed by atoms with Gasteiger partial charge in [0.2, 0.25) is 11.8 Å². The number of hydrogen-bond acceptors (Lipinski definition) is 4. The van der Waals surface area contributed by atoms with Crippen LogP contribution in [0, 0.1) is 12.8 Å². The number of nitrogens with one attached hydrogen (secondary N) is 2. The number of nitrogens with zero attached hydrogens (tertiary/aromatic N) is 2. The van der Waals surface area contributed by atoms with Crippen molar-refractivity contribution >= 4 is 11.8 Å². The first-order chi connectivity index (χ1) is 8.15. The maximum atomic E-state index is 11.7. The number of amides is 2. The van der Waals surface area contributed by atoms with Gasteiger partial charge in [0.15, 0.2) is 0 Å². The molecule has 6 heteroatoms. The van der Waals surface area contributed by atoms with E-state index in [2.05, 4.69) is 20.6 Å². The van der Waals surface area contributed by atoms with Gasteiger partial charge in [0, 0.05) is 19.2 Å². The Hall–Kier alpha value is -1.98. The summed E-state index contributed by atoms with van der Waals surface area (Å²) in [4.78, 5) is 30.8. The van der Waals surface area contributed by atoms with Crippen LogP contribution in [0.25, 0.3) is 0 Å². The molecule has 0 spiro atoms. The van der Waals surface area contributed by atoms with Gasteiger partial charge in [-0.05, 0) is 13.0 Å². The Morgan fingerprint density at radius 2 is 2.47 bits per heavy atom. The maximum Gasteiger partial charge on any atom is 0.225 e. The summed E-state index contributed by atoms with van der Waals surface area (Å²) < 4.78 is 0. The van der Waals surface area contributed by atoms with Crippen LogP contribution in [-0.2, 0) is 16.1 Å². The minimum atomic E-state index is -0.259. The Bertz CT molecular complexity index is 447. The largest absolute Gasteiger partial charge is 0.355 e. The van der Waals surface area contributed by atoms with E-state index in [1.54, 1.807) is 19.2 Å². The van der Waals surface area contributed by atoms with Gasteiger partial charge in [-0.3, -0.25) is 9.59 Å². The maximum absolute atomic E-state index is 11.7. The molecule has 90 valence electrons. The Balaban J connectivity index is 1.86. The zero-order chi connectivity index (χ0) is 12.3. The smallest absolute Gasteiger partial charge is 0.225 e. The van der Waals surface area contributed by atoms with Crippen molar-refractivity contribution in [1.29, 1.82) is 0 Å². The van der Waals surface area contributed by atoms with Crippen molar-refractivity contribution < 1.29 is 9.59 Å². The molecule has 1 aliphatic heterocycles. The highest BCUT2D eigenvalue weighted by molar-refractivity contribution is 5.89. The van der Waals surface area contributed by atoms with E-state index in [1.165, 1.54) is 0 Å². The molecule has 1 aliphatic rings. The molecule has 2 amide bonds. The molecule has 0 aromatic carbocycles. The lowest BCUT2D eigenvalue weighted by Gasteiger charge is -2.08. The van der Waals surface area contributed by atoms with Crippen LogP contribution >= 0.6 is 0 Å². The fraction of sp³-hybridized carbons (Fsp3) is 0.455. The van der Waals surface area contributed by atoms with Crippen LogP contribution in [0.4, 0.5) is 0 Å². The van der Waals surface area contributed by atoms with E-state index >= 15 is 0 Å². The first-order valence-electron chi connectivity index (χ1n) is 5.48. The quantitative estimate of drug-likeness (QED) is 0.741. The average Bonchev–Trinajstić information content (AvgIpc) is 2.73. The zero-order valence-corrected chi connectivity index (χ0v) is 9.56. The third kappa shape index (κ3) is 2.99. The Labute approximate surface area is 98.8 Å². The molecule has 1 saturated heterocycles. The fourth-order valence-electron chi connectivity index (χ4n) is 1.72. The van der Waals surface area contributed by atoms with E-state index in [1.807, 2.05) is 0 Å². The van der Waals surface area contributed by atoms with E-state index in [4.69, 9.17) is 0 Å².